The Bertz CT molecular complexity index is 177. The third-order valence-electron chi connectivity index (χ3n) is 1.50. The normalized spacial score (nSPS) is 10.8. The van der Waals surface area contributed by atoms with Gasteiger partial charge in [-0.25, -0.2) is 8.42 Å². The largest absolute Gasteiger partial charge is 1.00 e. The summed E-state index contributed by atoms with van der Waals surface area (Å²) in [6, 6.07) is 0. The molecule has 5 heteroatoms. The molecule has 0 radical (unpaired) electrons. The molecule has 0 spiro atoms. The molecule has 0 atom stereocenters. The maximum atomic E-state index is 10.1. The minimum atomic E-state index is -3.96. The minimum absolute atomic E-state index is 0. The van der Waals surface area contributed by atoms with E-state index in [9.17, 15) is 13.0 Å². The van der Waals surface area contributed by atoms with Gasteiger partial charge in [-0.05, 0) is 6.42 Å². The Morgan fingerprint density at radius 2 is 1.58 bits per heavy atom. The molecule has 68 valence electrons. The fourth-order valence-corrected chi connectivity index (χ4v) is 1.44. The molecule has 0 saturated carbocycles. The van der Waals surface area contributed by atoms with Crippen LogP contribution >= 0.6 is 0 Å². The van der Waals surface area contributed by atoms with Crippen LogP contribution in [0.4, 0.5) is 0 Å². The Labute approximate surface area is 97.0 Å². The molecule has 0 aliphatic carbocycles. The van der Waals surface area contributed by atoms with Gasteiger partial charge in [-0.1, -0.05) is 32.6 Å². The van der Waals surface area contributed by atoms with E-state index >= 15 is 0 Å². The zero-order valence-corrected chi connectivity index (χ0v) is 10.7. The van der Waals surface area contributed by atoms with Gasteiger partial charge in [0.25, 0.3) is 0 Å². The first-order valence-corrected chi connectivity index (χ1v) is 5.57. The molecule has 3 nitrogen and oxygen atoms in total. The van der Waals surface area contributed by atoms with Crippen molar-refractivity contribution in [2.45, 2.75) is 39.0 Å². The van der Waals surface area contributed by atoms with Crippen LogP contribution in [0, 0.1) is 0 Å². The van der Waals surface area contributed by atoms with E-state index < -0.39 is 10.1 Å². The van der Waals surface area contributed by atoms with E-state index in [1.165, 1.54) is 0 Å². The monoisotopic (exact) mass is 202 g/mol. The van der Waals surface area contributed by atoms with Gasteiger partial charge in [0.1, 0.15) is 0 Å². The van der Waals surface area contributed by atoms with E-state index in [4.69, 9.17) is 0 Å². The third-order valence-corrected chi connectivity index (χ3v) is 2.29. The fourth-order valence-electron chi connectivity index (χ4n) is 0.882. The summed E-state index contributed by atoms with van der Waals surface area (Å²) in [7, 11) is -3.96. The molecule has 0 aromatic carbocycles. The molecule has 0 N–H and O–H groups in total. The Hall–Kier alpha value is 0.910. The summed E-state index contributed by atoms with van der Waals surface area (Å²) in [5.74, 6) is -0.198. The van der Waals surface area contributed by atoms with Crippen molar-refractivity contribution in [2.24, 2.45) is 0 Å². The molecule has 0 aliphatic heterocycles. The van der Waals surface area contributed by atoms with Crippen LogP contribution in [0.3, 0.4) is 0 Å². The van der Waals surface area contributed by atoms with Gasteiger partial charge in [0, 0.05) is 5.75 Å². The van der Waals surface area contributed by atoms with Gasteiger partial charge in [0.2, 0.25) is 0 Å². The van der Waals surface area contributed by atoms with Crippen LogP contribution in [0.15, 0.2) is 0 Å². The molecule has 0 amide bonds. The van der Waals surface area contributed by atoms with Crippen LogP contribution in [0.25, 0.3) is 0 Å². The second kappa shape index (κ2) is 8.51. The number of hydrogen-bond acceptors (Lipinski definition) is 3. The first-order valence-electron chi connectivity index (χ1n) is 4.00. The molecular weight excluding hydrogens is 187 g/mol. The van der Waals surface area contributed by atoms with E-state index in [0.29, 0.717) is 6.42 Å². The SMILES string of the molecule is CCCCCCCS(=O)(=O)[O-].[Na+]. The molecule has 0 heterocycles. The molecule has 0 saturated heterocycles. The molecule has 0 rings (SSSR count). The van der Waals surface area contributed by atoms with Gasteiger partial charge in [0.15, 0.2) is 0 Å². The number of unbranched alkanes of at least 4 members (excludes halogenated alkanes) is 4. The van der Waals surface area contributed by atoms with E-state index in [-0.39, 0.29) is 35.3 Å². The topological polar surface area (TPSA) is 57.2 Å². The minimum Gasteiger partial charge on any atom is -0.748 e. The van der Waals surface area contributed by atoms with Crippen LogP contribution < -0.4 is 29.6 Å². The Morgan fingerprint density at radius 3 is 2.00 bits per heavy atom. The van der Waals surface area contributed by atoms with E-state index in [1.807, 2.05) is 0 Å². The number of rotatable bonds is 6. The van der Waals surface area contributed by atoms with Crippen LogP contribution in [-0.2, 0) is 10.1 Å². The molecule has 0 unspecified atom stereocenters. The van der Waals surface area contributed by atoms with E-state index in [1.54, 1.807) is 0 Å². The molecule has 0 aliphatic rings. The molecule has 12 heavy (non-hydrogen) atoms. The Balaban J connectivity index is 0. The van der Waals surface area contributed by atoms with Crippen LogP contribution in [0.1, 0.15) is 39.0 Å². The van der Waals surface area contributed by atoms with Gasteiger partial charge < -0.3 is 4.55 Å². The van der Waals surface area contributed by atoms with Gasteiger partial charge in [-0.15, -0.1) is 0 Å². The zero-order valence-electron chi connectivity index (χ0n) is 7.88. The molecular formula is C7H15NaO3S. The summed E-state index contributed by atoms with van der Waals surface area (Å²) in [4.78, 5) is 0. The summed E-state index contributed by atoms with van der Waals surface area (Å²) >= 11 is 0. The smallest absolute Gasteiger partial charge is 0.748 e. The van der Waals surface area contributed by atoms with Crippen molar-refractivity contribution in [3.8, 4) is 0 Å². The summed E-state index contributed by atoms with van der Waals surface area (Å²) in [6.07, 6.45) is 4.66. The van der Waals surface area contributed by atoms with Crippen molar-refractivity contribution < 1.29 is 42.5 Å². The second-order valence-electron chi connectivity index (χ2n) is 2.68. The predicted octanol–water partition coefficient (Wildman–Crippen LogP) is -1.49. The van der Waals surface area contributed by atoms with E-state index in [2.05, 4.69) is 6.92 Å². The molecule has 0 bridgehead atoms. The maximum absolute atomic E-state index is 10.1. The average Bonchev–Trinajstić information content (AvgIpc) is 1.85. The zero-order chi connectivity index (χ0) is 8.74. The summed E-state index contributed by atoms with van der Waals surface area (Å²) in [5.41, 5.74) is 0. The van der Waals surface area contributed by atoms with Gasteiger partial charge >= 0.3 is 29.6 Å². The first-order chi connectivity index (χ1) is 5.06. The molecule has 0 aromatic heterocycles. The first kappa shape index (κ1) is 15.4. The van der Waals surface area contributed by atoms with Crippen LogP contribution in [0.2, 0.25) is 0 Å². The quantitative estimate of drug-likeness (QED) is 0.299. The van der Waals surface area contributed by atoms with E-state index in [0.717, 1.165) is 25.7 Å². The third kappa shape index (κ3) is 13.5. The molecule has 0 aromatic rings. The summed E-state index contributed by atoms with van der Waals surface area (Å²) in [5, 5.41) is 0. The van der Waals surface area contributed by atoms with Crippen molar-refractivity contribution in [1.29, 1.82) is 0 Å². The van der Waals surface area contributed by atoms with Crippen molar-refractivity contribution >= 4 is 10.1 Å². The van der Waals surface area contributed by atoms with Crippen molar-refractivity contribution in [2.75, 3.05) is 5.75 Å². The fraction of sp³-hybridized carbons (Fsp3) is 1.00. The Morgan fingerprint density at radius 1 is 1.08 bits per heavy atom. The van der Waals surface area contributed by atoms with Gasteiger partial charge in [0.05, 0.1) is 10.1 Å². The van der Waals surface area contributed by atoms with Crippen LogP contribution in [-0.4, -0.2) is 18.7 Å². The predicted molar refractivity (Wildman–Crippen MR) is 43.3 cm³/mol. The second-order valence-corrected chi connectivity index (χ2v) is 4.20. The number of hydrogen-bond donors (Lipinski definition) is 0. The summed E-state index contributed by atoms with van der Waals surface area (Å²) in [6.45, 7) is 2.09. The average molecular weight is 202 g/mol. The standard InChI is InChI=1S/C7H16O3S.Na/c1-2-3-4-5-6-7-11(8,9)10;/h2-7H2,1H3,(H,8,9,10);/q;+1/p-1. The maximum Gasteiger partial charge on any atom is 1.00 e. The van der Waals surface area contributed by atoms with Crippen molar-refractivity contribution in [3.63, 3.8) is 0 Å². The van der Waals surface area contributed by atoms with Crippen molar-refractivity contribution in [1.82, 2.24) is 0 Å². The van der Waals surface area contributed by atoms with Gasteiger partial charge in [-0.2, -0.15) is 0 Å². The van der Waals surface area contributed by atoms with Crippen molar-refractivity contribution in [3.05, 3.63) is 0 Å². The summed E-state index contributed by atoms with van der Waals surface area (Å²) < 4.78 is 30.3. The Kier molecular flexibility index (Phi) is 10.9. The van der Waals surface area contributed by atoms with Gasteiger partial charge in [-0.3, -0.25) is 0 Å². The molecule has 0 fully saturated rings. The van der Waals surface area contributed by atoms with Crippen LogP contribution in [0.5, 0.6) is 0 Å².